The molecular weight excluding hydrogens is 204 g/mol. The average Bonchev–Trinajstić information content (AvgIpc) is 2.81. The van der Waals surface area contributed by atoms with Gasteiger partial charge in [-0.2, -0.15) is 0 Å². The molecule has 0 amide bonds. The highest BCUT2D eigenvalue weighted by Crippen LogP contribution is 2.19. The van der Waals surface area contributed by atoms with Gasteiger partial charge >= 0.3 is 0 Å². The van der Waals surface area contributed by atoms with Crippen molar-refractivity contribution in [2.75, 3.05) is 7.05 Å². The Morgan fingerprint density at radius 2 is 2.13 bits per heavy atom. The number of hydrogen-bond acceptors (Lipinski definition) is 3. The first-order chi connectivity index (χ1) is 7.40. The SMILES string of the molecule is CNC(Cc1ccccc1)c1nccs1. The van der Waals surface area contributed by atoms with Crippen LogP contribution in [0.4, 0.5) is 0 Å². The minimum absolute atomic E-state index is 0.326. The highest BCUT2D eigenvalue weighted by molar-refractivity contribution is 7.09. The van der Waals surface area contributed by atoms with E-state index in [2.05, 4.69) is 34.6 Å². The first kappa shape index (κ1) is 10.3. The van der Waals surface area contributed by atoms with Gasteiger partial charge in [0.25, 0.3) is 0 Å². The maximum absolute atomic E-state index is 4.34. The average molecular weight is 218 g/mol. The van der Waals surface area contributed by atoms with Crippen LogP contribution >= 0.6 is 11.3 Å². The fourth-order valence-corrected chi connectivity index (χ4v) is 2.32. The molecule has 15 heavy (non-hydrogen) atoms. The second-order valence-electron chi connectivity index (χ2n) is 3.40. The van der Waals surface area contributed by atoms with Gasteiger partial charge in [0.15, 0.2) is 0 Å². The number of thiazole rings is 1. The molecule has 1 N–H and O–H groups in total. The van der Waals surface area contributed by atoms with Crippen molar-refractivity contribution in [1.29, 1.82) is 0 Å². The smallest absolute Gasteiger partial charge is 0.110 e. The Labute approximate surface area is 94.0 Å². The van der Waals surface area contributed by atoms with E-state index >= 15 is 0 Å². The third kappa shape index (κ3) is 2.64. The van der Waals surface area contributed by atoms with E-state index < -0.39 is 0 Å². The van der Waals surface area contributed by atoms with Crippen LogP contribution in [-0.2, 0) is 6.42 Å². The van der Waals surface area contributed by atoms with Crippen molar-refractivity contribution in [2.24, 2.45) is 0 Å². The molecule has 0 aliphatic carbocycles. The van der Waals surface area contributed by atoms with Crippen LogP contribution in [0.15, 0.2) is 41.9 Å². The van der Waals surface area contributed by atoms with Crippen molar-refractivity contribution >= 4 is 11.3 Å². The number of benzene rings is 1. The standard InChI is InChI=1S/C12H14N2S/c1-13-11(12-14-7-8-15-12)9-10-5-3-2-4-6-10/h2-8,11,13H,9H2,1H3. The van der Waals surface area contributed by atoms with Crippen LogP contribution in [0.25, 0.3) is 0 Å². The summed E-state index contributed by atoms with van der Waals surface area (Å²) in [6.45, 7) is 0. The van der Waals surface area contributed by atoms with Gasteiger partial charge in [0.1, 0.15) is 5.01 Å². The highest BCUT2D eigenvalue weighted by atomic mass is 32.1. The van der Waals surface area contributed by atoms with Crippen molar-refractivity contribution in [3.63, 3.8) is 0 Å². The summed E-state index contributed by atoms with van der Waals surface area (Å²) in [6, 6.07) is 10.8. The van der Waals surface area contributed by atoms with Gasteiger partial charge in [-0.1, -0.05) is 30.3 Å². The summed E-state index contributed by atoms with van der Waals surface area (Å²) in [6.07, 6.45) is 2.85. The second kappa shape index (κ2) is 5.05. The van der Waals surface area contributed by atoms with Crippen LogP contribution in [0.2, 0.25) is 0 Å². The zero-order valence-corrected chi connectivity index (χ0v) is 9.50. The van der Waals surface area contributed by atoms with Gasteiger partial charge in [0.05, 0.1) is 6.04 Å². The van der Waals surface area contributed by atoms with Crippen molar-refractivity contribution in [3.8, 4) is 0 Å². The fourth-order valence-electron chi connectivity index (χ4n) is 1.57. The van der Waals surface area contributed by atoms with Gasteiger partial charge in [-0.05, 0) is 19.0 Å². The summed E-state index contributed by atoms with van der Waals surface area (Å²) in [5.74, 6) is 0. The fraction of sp³-hybridized carbons (Fsp3) is 0.250. The monoisotopic (exact) mass is 218 g/mol. The largest absolute Gasteiger partial charge is 0.311 e. The molecule has 2 rings (SSSR count). The van der Waals surface area contributed by atoms with E-state index in [4.69, 9.17) is 0 Å². The summed E-state index contributed by atoms with van der Waals surface area (Å²) < 4.78 is 0. The zero-order valence-electron chi connectivity index (χ0n) is 8.68. The molecule has 1 atom stereocenters. The van der Waals surface area contributed by atoms with Crippen molar-refractivity contribution < 1.29 is 0 Å². The molecule has 0 fully saturated rings. The molecule has 78 valence electrons. The van der Waals surface area contributed by atoms with Gasteiger partial charge in [-0.15, -0.1) is 11.3 Å². The number of aromatic nitrogens is 1. The number of likely N-dealkylation sites (N-methyl/N-ethyl adjacent to an activating group) is 1. The van der Waals surface area contributed by atoms with Crippen LogP contribution in [0.3, 0.4) is 0 Å². The molecule has 3 heteroatoms. The Morgan fingerprint density at radius 3 is 2.73 bits per heavy atom. The predicted molar refractivity (Wildman–Crippen MR) is 64.1 cm³/mol. The first-order valence-electron chi connectivity index (χ1n) is 5.00. The van der Waals surface area contributed by atoms with Gasteiger partial charge in [-0.3, -0.25) is 0 Å². The lowest BCUT2D eigenvalue weighted by molar-refractivity contribution is 0.588. The highest BCUT2D eigenvalue weighted by Gasteiger charge is 2.11. The van der Waals surface area contributed by atoms with Crippen LogP contribution in [0.5, 0.6) is 0 Å². The van der Waals surface area contributed by atoms with Crippen molar-refractivity contribution in [3.05, 3.63) is 52.5 Å². The molecule has 0 aliphatic heterocycles. The van der Waals surface area contributed by atoms with Gasteiger partial charge in [0.2, 0.25) is 0 Å². The Morgan fingerprint density at radius 1 is 1.33 bits per heavy atom. The molecule has 1 unspecified atom stereocenters. The third-order valence-corrected chi connectivity index (χ3v) is 3.27. The molecule has 0 saturated heterocycles. The van der Waals surface area contributed by atoms with Gasteiger partial charge < -0.3 is 5.32 Å². The molecule has 0 radical (unpaired) electrons. The molecular formula is C12H14N2S. The number of nitrogens with zero attached hydrogens (tertiary/aromatic N) is 1. The van der Waals surface area contributed by atoms with E-state index in [1.165, 1.54) is 5.56 Å². The lowest BCUT2D eigenvalue weighted by Crippen LogP contribution is -2.18. The molecule has 2 nitrogen and oxygen atoms in total. The lowest BCUT2D eigenvalue weighted by Gasteiger charge is -2.13. The summed E-state index contributed by atoms with van der Waals surface area (Å²) in [5, 5.41) is 6.47. The molecule has 1 aromatic carbocycles. The lowest BCUT2D eigenvalue weighted by atomic mass is 10.1. The Kier molecular flexibility index (Phi) is 3.48. The molecule has 0 bridgehead atoms. The minimum atomic E-state index is 0.326. The van der Waals surface area contributed by atoms with Crippen molar-refractivity contribution in [1.82, 2.24) is 10.3 Å². The summed E-state index contributed by atoms with van der Waals surface area (Å²) in [7, 11) is 1.98. The topological polar surface area (TPSA) is 24.9 Å². The van der Waals surface area contributed by atoms with Crippen LogP contribution in [0, 0.1) is 0 Å². The molecule has 0 saturated carbocycles. The third-order valence-electron chi connectivity index (χ3n) is 2.38. The van der Waals surface area contributed by atoms with E-state index in [9.17, 15) is 0 Å². The maximum Gasteiger partial charge on any atom is 0.110 e. The second-order valence-corrected chi connectivity index (χ2v) is 4.33. The predicted octanol–water partition coefficient (Wildman–Crippen LogP) is 2.65. The molecule has 0 spiro atoms. The zero-order chi connectivity index (χ0) is 10.5. The Bertz CT molecular complexity index is 383. The molecule has 1 heterocycles. The van der Waals surface area contributed by atoms with Gasteiger partial charge in [0, 0.05) is 11.6 Å². The van der Waals surface area contributed by atoms with E-state index in [0.717, 1.165) is 11.4 Å². The summed E-state index contributed by atoms with van der Waals surface area (Å²) >= 11 is 1.70. The quantitative estimate of drug-likeness (QED) is 0.853. The normalized spacial score (nSPS) is 12.6. The van der Waals surface area contributed by atoms with Crippen LogP contribution < -0.4 is 5.32 Å². The number of rotatable bonds is 4. The van der Waals surface area contributed by atoms with Crippen molar-refractivity contribution in [2.45, 2.75) is 12.5 Å². The van der Waals surface area contributed by atoms with Crippen LogP contribution in [0.1, 0.15) is 16.6 Å². The number of hydrogen-bond donors (Lipinski definition) is 1. The van der Waals surface area contributed by atoms with Gasteiger partial charge in [-0.25, -0.2) is 4.98 Å². The maximum atomic E-state index is 4.34. The van der Waals surface area contributed by atoms with E-state index in [1.54, 1.807) is 11.3 Å². The van der Waals surface area contributed by atoms with Crippen LogP contribution in [-0.4, -0.2) is 12.0 Å². The molecule has 2 aromatic rings. The summed E-state index contributed by atoms with van der Waals surface area (Å²) in [4.78, 5) is 4.34. The Balaban J connectivity index is 2.10. The summed E-state index contributed by atoms with van der Waals surface area (Å²) in [5.41, 5.74) is 1.34. The molecule has 0 aliphatic rings. The van der Waals surface area contributed by atoms with E-state index in [-0.39, 0.29) is 0 Å². The minimum Gasteiger partial charge on any atom is -0.311 e. The Hall–Kier alpha value is -1.19. The van der Waals surface area contributed by atoms with E-state index in [1.807, 2.05) is 24.7 Å². The number of nitrogens with one attached hydrogen (secondary N) is 1. The molecule has 1 aromatic heterocycles. The van der Waals surface area contributed by atoms with E-state index in [0.29, 0.717) is 6.04 Å². The first-order valence-corrected chi connectivity index (χ1v) is 5.88.